The van der Waals surface area contributed by atoms with E-state index in [1.807, 2.05) is 40.8 Å². The second kappa shape index (κ2) is 5.89. The molecular weight excluding hydrogens is 402 g/mol. The number of nitrogens with zero attached hydrogens (tertiary/aromatic N) is 6. The van der Waals surface area contributed by atoms with Crippen LogP contribution in [0.25, 0.3) is 44.5 Å². The molecule has 0 spiro atoms. The van der Waals surface area contributed by atoms with E-state index in [2.05, 4.69) is 21.1 Å². The summed E-state index contributed by atoms with van der Waals surface area (Å²) in [6.07, 6.45) is 1.50. The van der Waals surface area contributed by atoms with Crippen LogP contribution in [0.1, 0.15) is 5.56 Å². The van der Waals surface area contributed by atoms with Crippen molar-refractivity contribution in [3.63, 3.8) is 0 Å². The molecule has 8 nitrogen and oxygen atoms in total. The zero-order chi connectivity index (χ0) is 20.4. The van der Waals surface area contributed by atoms with Crippen LogP contribution in [0.4, 0.5) is 0 Å². The van der Waals surface area contributed by atoms with E-state index in [-0.39, 0.29) is 0 Å². The van der Waals surface area contributed by atoms with Crippen LogP contribution < -0.4 is 5.69 Å². The minimum absolute atomic E-state index is 0.367. The molecule has 2 aromatic carbocycles. The molecule has 0 fully saturated rings. The molecule has 0 atom stereocenters. The maximum Gasteiger partial charge on any atom is 0.362 e. The van der Waals surface area contributed by atoms with Crippen molar-refractivity contribution in [1.29, 1.82) is 5.26 Å². The molecule has 4 heterocycles. The van der Waals surface area contributed by atoms with Gasteiger partial charge in [-0.05, 0) is 29.8 Å². The van der Waals surface area contributed by atoms with Crippen molar-refractivity contribution in [2.75, 3.05) is 0 Å². The third-order valence-corrected chi connectivity index (χ3v) is 5.39. The Kier molecular flexibility index (Phi) is 3.28. The molecule has 0 unspecified atom stereocenters. The van der Waals surface area contributed by atoms with Gasteiger partial charge in [0.25, 0.3) is 0 Å². The summed E-state index contributed by atoms with van der Waals surface area (Å²) in [6.45, 7) is 0. The molecule has 30 heavy (non-hydrogen) atoms. The lowest BCUT2D eigenvalue weighted by Gasteiger charge is -2.12. The summed E-state index contributed by atoms with van der Waals surface area (Å²) in [5.74, 6) is 0. The van der Waals surface area contributed by atoms with Gasteiger partial charge in [0.05, 0.1) is 16.4 Å². The summed E-state index contributed by atoms with van der Waals surface area (Å²) in [7, 11) is 0. The van der Waals surface area contributed by atoms with Crippen molar-refractivity contribution < 1.29 is 0 Å². The van der Waals surface area contributed by atoms with Crippen LogP contribution in [-0.2, 0) is 0 Å². The van der Waals surface area contributed by atoms with Crippen LogP contribution in [0.5, 0.6) is 0 Å². The van der Waals surface area contributed by atoms with Crippen LogP contribution in [0.15, 0.2) is 59.7 Å². The summed E-state index contributed by atoms with van der Waals surface area (Å²) in [6, 6.07) is 17.1. The first-order valence-corrected chi connectivity index (χ1v) is 9.40. The fourth-order valence-electron chi connectivity index (χ4n) is 3.92. The smallest absolute Gasteiger partial charge is 0.275 e. The quantitative estimate of drug-likeness (QED) is 0.445. The number of imidazole rings is 1. The first kappa shape index (κ1) is 16.7. The van der Waals surface area contributed by atoms with Crippen LogP contribution in [0, 0.1) is 11.3 Å². The molecule has 142 valence electrons. The van der Waals surface area contributed by atoms with Crippen LogP contribution in [0.2, 0.25) is 5.02 Å². The second-order valence-corrected chi connectivity index (χ2v) is 7.23. The van der Waals surface area contributed by atoms with Gasteiger partial charge in [-0.25, -0.2) is 24.4 Å². The fourth-order valence-corrected chi connectivity index (χ4v) is 4.04. The number of para-hydroxylation sites is 2. The van der Waals surface area contributed by atoms with Crippen LogP contribution in [-0.4, -0.2) is 29.0 Å². The molecule has 0 radical (unpaired) electrons. The van der Waals surface area contributed by atoms with Crippen molar-refractivity contribution >= 4 is 45.0 Å². The second-order valence-electron chi connectivity index (χ2n) is 6.79. The number of benzene rings is 2. The maximum absolute atomic E-state index is 12.0. The Hall–Kier alpha value is -4.22. The highest BCUT2D eigenvalue weighted by molar-refractivity contribution is 6.30. The van der Waals surface area contributed by atoms with Gasteiger partial charge in [0.15, 0.2) is 16.9 Å². The monoisotopic (exact) mass is 411 g/mol. The third kappa shape index (κ3) is 2.15. The number of nitrogens with one attached hydrogen (secondary N) is 1. The molecule has 0 bridgehead atoms. The Bertz CT molecular complexity index is 1740. The van der Waals surface area contributed by atoms with E-state index in [9.17, 15) is 10.1 Å². The standard InChI is InChI=1S/C21H10ClN7O/c22-12-7-5-11(6-8-12)16-13(9-23)18-25-14-3-1-2-4-15(14)29(18)19-17(16)20-26-21(30)27-28(20)10-24-19/h1-8,10H,(H,27,30). The Morgan fingerprint density at radius 1 is 1.00 bits per heavy atom. The normalized spacial score (nSPS) is 11.6. The number of aromatic amines is 1. The van der Waals surface area contributed by atoms with E-state index < -0.39 is 5.69 Å². The van der Waals surface area contributed by atoms with Crippen molar-refractivity contribution in [3.8, 4) is 17.2 Å². The average molecular weight is 412 g/mol. The van der Waals surface area contributed by atoms with Crippen molar-refractivity contribution in [2.45, 2.75) is 0 Å². The van der Waals surface area contributed by atoms with Gasteiger partial charge in [0.2, 0.25) is 0 Å². The average Bonchev–Trinajstić information content (AvgIpc) is 3.33. The van der Waals surface area contributed by atoms with Crippen molar-refractivity contribution in [3.05, 3.63) is 75.9 Å². The van der Waals surface area contributed by atoms with Gasteiger partial charge >= 0.3 is 5.69 Å². The largest absolute Gasteiger partial charge is 0.362 e. The molecule has 0 aliphatic rings. The van der Waals surface area contributed by atoms with Gasteiger partial charge in [-0.15, -0.1) is 0 Å². The van der Waals surface area contributed by atoms with Gasteiger partial charge in [-0.2, -0.15) is 10.2 Å². The summed E-state index contributed by atoms with van der Waals surface area (Å²) < 4.78 is 3.29. The number of hydrogen-bond acceptors (Lipinski definition) is 5. The van der Waals surface area contributed by atoms with Crippen molar-refractivity contribution in [2.24, 2.45) is 0 Å². The van der Waals surface area contributed by atoms with Gasteiger partial charge in [-0.1, -0.05) is 35.9 Å². The molecule has 0 aliphatic heterocycles. The molecule has 6 rings (SSSR count). The highest BCUT2D eigenvalue weighted by Gasteiger charge is 2.23. The summed E-state index contributed by atoms with van der Waals surface area (Å²) in [5.41, 5.74) is 4.19. The molecule has 1 N–H and O–H groups in total. The molecule has 6 aromatic rings. The Morgan fingerprint density at radius 2 is 1.80 bits per heavy atom. The number of aromatic nitrogens is 6. The van der Waals surface area contributed by atoms with Crippen LogP contribution in [0.3, 0.4) is 0 Å². The summed E-state index contributed by atoms with van der Waals surface area (Å²) in [4.78, 5) is 25.4. The SMILES string of the molecule is N#Cc1c(-c2ccc(Cl)cc2)c2c3nc(=O)[nH]n3cnc2n2c1nc1ccccc12. The maximum atomic E-state index is 12.0. The number of fused-ring (bicyclic) bond motifs is 7. The first-order chi connectivity index (χ1) is 14.7. The van der Waals surface area contributed by atoms with E-state index >= 15 is 0 Å². The predicted molar refractivity (Wildman–Crippen MR) is 113 cm³/mol. The summed E-state index contributed by atoms with van der Waals surface area (Å²) >= 11 is 6.08. The minimum Gasteiger partial charge on any atom is -0.275 e. The number of nitriles is 1. The van der Waals surface area contributed by atoms with Gasteiger partial charge in [0.1, 0.15) is 18.0 Å². The fraction of sp³-hybridized carbons (Fsp3) is 0. The summed E-state index contributed by atoms with van der Waals surface area (Å²) in [5, 5.41) is 13.9. The molecular formula is C21H10ClN7O. The Morgan fingerprint density at radius 3 is 2.60 bits per heavy atom. The van der Waals surface area contributed by atoms with E-state index in [1.165, 1.54) is 10.8 Å². The number of hydrogen-bond donors (Lipinski definition) is 1. The highest BCUT2D eigenvalue weighted by Crippen LogP contribution is 2.37. The molecule has 0 amide bonds. The van der Waals surface area contributed by atoms with Crippen molar-refractivity contribution in [1.82, 2.24) is 29.0 Å². The number of pyridine rings is 1. The Labute approximate surface area is 172 Å². The van der Waals surface area contributed by atoms with Gasteiger partial charge < -0.3 is 0 Å². The van der Waals surface area contributed by atoms with Gasteiger partial charge in [0, 0.05) is 10.6 Å². The lowest BCUT2D eigenvalue weighted by Crippen LogP contribution is -2.03. The molecule has 0 saturated heterocycles. The first-order valence-electron chi connectivity index (χ1n) is 9.02. The van der Waals surface area contributed by atoms with E-state index in [0.29, 0.717) is 38.5 Å². The topological polar surface area (TPSA) is 104 Å². The van der Waals surface area contributed by atoms with E-state index in [4.69, 9.17) is 16.6 Å². The lowest BCUT2D eigenvalue weighted by molar-refractivity contribution is 0.908. The number of H-pyrrole nitrogens is 1. The third-order valence-electron chi connectivity index (χ3n) is 5.14. The number of halogens is 1. The zero-order valence-electron chi connectivity index (χ0n) is 15.2. The van der Waals surface area contributed by atoms with E-state index in [1.54, 1.807) is 12.1 Å². The lowest BCUT2D eigenvalue weighted by atomic mass is 9.98. The molecule has 9 heteroatoms. The molecule has 0 saturated carbocycles. The van der Waals surface area contributed by atoms with Gasteiger partial charge in [-0.3, -0.25) is 4.40 Å². The minimum atomic E-state index is -0.500. The number of rotatable bonds is 1. The van der Waals surface area contributed by atoms with Crippen LogP contribution >= 0.6 is 11.6 Å². The molecule has 0 aliphatic carbocycles. The molecule has 4 aromatic heterocycles. The zero-order valence-corrected chi connectivity index (χ0v) is 15.9. The van der Waals surface area contributed by atoms with E-state index in [0.717, 1.165) is 16.6 Å². The predicted octanol–water partition coefficient (Wildman–Crippen LogP) is 3.56. The highest BCUT2D eigenvalue weighted by atomic mass is 35.5. The Balaban J connectivity index is 1.97.